The Morgan fingerprint density at radius 2 is 1.87 bits per heavy atom. The highest BCUT2D eigenvalue weighted by Gasteiger charge is 2.50. The van der Waals surface area contributed by atoms with Gasteiger partial charge in [-0.05, 0) is 36.8 Å². The summed E-state index contributed by atoms with van der Waals surface area (Å²) in [4.78, 5) is 2.14. The molecular weight excluding hydrogens is 182 g/mol. The van der Waals surface area contributed by atoms with E-state index in [1.165, 1.54) is 5.57 Å². The first-order valence-corrected chi connectivity index (χ1v) is 5.95. The molecule has 1 aliphatic rings. The van der Waals surface area contributed by atoms with Crippen molar-refractivity contribution in [1.82, 2.24) is 4.90 Å². The first kappa shape index (κ1) is 12.4. The van der Waals surface area contributed by atoms with Crippen molar-refractivity contribution < 1.29 is 0 Å². The predicted molar refractivity (Wildman–Crippen MR) is 67.5 cm³/mol. The minimum Gasteiger partial charge on any atom is -0.375 e. The molecule has 1 fully saturated rings. The fourth-order valence-corrected chi connectivity index (χ4v) is 2.80. The van der Waals surface area contributed by atoms with Crippen LogP contribution in [-0.2, 0) is 0 Å². The van der Waals surface area contributed by atoms with Crippen LogP contribution in [0.25, 0.3) is 0 Å². The number of nitrogens with zero attached hydrogens (tertiary/aromatic N) is 1. The van der Waals surface area contributed by atoms with Gasteiger partial charge in [0.1, 0.15) is 0 Å². The molecule has 1 aliphatic carbocycles. The molecule has 0 bridgehead atoms. The zero-order valence-corrected chi connectivity index (χ0v) is 10.8. The summed E-state index contributed by atoms with van der Waals surface area (Å²) in [5.41, 5.74) is 1.38. The van der Waals surface area contributed by atoms with E-state index in [9.17, 15) is 0 Å². The van der Waals surface area contributed by atoms with E-state index in [0.717, 1.165) is 23.7 Å². The zero-order chi connectivity index (χ0) is 11.7. The summed E-state index contributed by atoms with van der Waals surface area (Å²) in [7, 11) is 2.07. The summed E-state index contributed by atoms with van der Waals surface area (Å²) in [5, 5.41) is 0. The van der Waals surface area contributed by atoms with Crippen molar-refractivity contribution in [2.45, 2.75) is 33.7 Å². The predicted octanol–water partition coefficient (Wildman–Crippen LogP) is 3.54. The van der Waals surface area contributed by atoms with Crippen LogP contribution < -0.4 is 0 Å². The third-order valence-corrected chi connectivity index (χ3v) is 4.08. The second-order valence-electron chi connectivity index (χ2n) is 5.31. The number of hydrogen-bond donors (Lipinski definition) is 0. The normalized spacial score (nSPS) is 31.2. The molecule has 0 unspecified atom stereocenters. The molecule has 0 saturated heterocycles. The van der Waals surface area contributed by atoms with E-state index in [2.05, 4.69) is 52.8 Å². The van der Waals surface area contributed by atoms with Gasteiger partial charge >= 0.3 is 0 Å². The lowest BCUT2D eigenvalue weighted by molar-refractivity contribution is 0.377. The minimum atomic E-state index is 0.415. The van der Waals surface area contributed by atoms with Crippen LogP contribution in [0.15, 0.2) is 24.9 Å². The molecule has 0 aliphatic heterocycles. The van der Waals surface area contributed by atoms with E-state index in [4.69, 9.17) is 0 Å². The molecule has 0 N–H and O–H groups in total. The largest absolute Gasteiger partial charge is 0.375 e. The molecule has 1 nitrogen and oxygen atoms in total. The number of rotatable bonds is 5. The standard InChI is InChI=1S/C14H25N/c1-8-15(7)12(6)10(4)14-11(5)13(14)9(2)3/h8-9,11-14H,1,4H2,2-3,5-7H3/t11-,12+,13+,14-/m1/s1. The highest BCUT2D eigenvalue weighted by atomic mass is 15.1. The maximum Gasteiger partial charge on any atom is 0.0465 e. The van der Waals surface area contributed by atoms with Gasteiger partial charge in [-0.1, -0.05) is 39.5 Å². The van der Waals surface area contributed by atoms with Gasteiger partial charge in [0, 0.05) is 13.1 Å². The Bertz CT molecular complexity index is 254. The first-order valence-electron chi connectivity index (χ1n) is 5.95. The van der Waals surface area contributed by atoms with Crippen molar-refractivity contribution in [1.29, 1.82) is 0 Å². The lowest BCUT2D eigenvalue weighted by Gasteiger charge is -2.25. The molecule has 15 heavy (non-hydrogen) atoms. The highest BCUT2D eigenvalue weighted by molar-refractivity contribution is 5.21. The Morgan fingerprint density at radius 3 is 2.20 bits per heavy atom. The van der Waals surface area contributed by atoms with E-state index in [1.807, 2.05) is 6.20 Å². The number of hydrogen-bond acceptors (Lipinski definition) is 1. The van der Waals surface area contributed by atoms with Gasteiger partial charge < -0.3 is 4.90 Å². The summed E-state index contributed by atoms with van der Waals surface area (Å²) in [5.74, 6) is 3.17. The molecule has 4 atom stereocenters. The molecule has 86 valence electrons. The van der Waals surface area contributed by atoms with Gasteiger partial charge in [-0.3, -0.25) is 0 Å². The van der Waals surface area contributed by atoms with Gasteiger partial charge in [-0.25, -0.2) is 0 Å². The van der Waals surface area contributed by atoms with Crippen LogP contribution in [0.1, 0.15) is 27.7 Å². The summed E-state index contributed by atoms with van der Waals surface area (Å²) in [6, 6.07) is 0.415. The second-order valence-corrected chi connectivity index (χ2v) is 5.31. The van der Waals surface area contributed by atoms with Gasteiger partial charge in [0.25, 0.3) is 0 Å². The summed E-state index contributed by atoms with van der Waals surface area (Å²) in [6.45, 7) is 17.3. The molecule has 0 heterocycles. The van der Waals surface area contributed by atoms with Crippen molar-refractivity contribution >= 4 is 0 Å². The van der Waals surface area contributed by atoms with Crippen LogP contribution in [0, 0.1) is 23.7 Å². The third-order valence-electron chi connectivity index (χ3n) is 4.08. The molecule has 1 rings (SSSR count). The van der Waals surface area contributed by atoms with Crippen LogP contribution in [0.2, 0.25) is 0 Å². The fraction of sp³-hybridized carbons (Fsp3) is 0.714. The van der Waals surface area contributed by atoms with Crippen LogP contribution in [-0.4, -0.2) is 18.0 Å². The Morgan fingerprint density at radius 1 is 1.33 bits per heavy atom. The topological polar surface area (TPSA) is 3.24 Å². The average molecular weight is 207 g/mol. The van der Waals surface area contributed by atoms with Crippen molar-refractivity contribution in [3.05, 3.63) is 24.9 Å². The molecule has 0 spiro atoms. The Balaban J connectivity index is 2.60. The summed E-state index contributed by atoms with van der Waals surface area (Å²) in [6.07, 6.45) is 1.88. The van der Waals surface area contributed by atoms with Gasteiger partial charge in [0.2, 0.25) is 0 Å². The molecule has 0 amide bonds. The Kier molecular flexibility index (Phi) is 3.64. The van der Waals surface area contributed by atoms with Crippen LogP contribution in [0.4, 0.5) is 0 Å². The number of likely N-dealkylation sites (N-methyl/N-ethyl adjacent to an activating group) is 1. The van der Waals surface area contributed by atoms with E-state index in [1.54, 1.807) is 0 Å². The van der Waals surface area contributed by atoms with E-state index in [0.29, 0.717) is 6.04 Å². The summed E-state index contributed by atoms with van der Waals surface area (Å²) < 4.78 is 0. The van der Waals surface area contributed by atoms with Crippen molar-refractivity contribution in [2.24, 2.45) is 23.7 Å². The maximum absolute atomic E-state index is 4.28. The Hall–Kier alpha value is -0.720. The first-order chi connectivity index (χ1) is 6.91. The molecule has 0 aromatic carbocycles. The smallest absolute Gasteiger partial charge is 0.0465 e. The lowest BCUT2D eigenvalue weighted by Crippen LogP contribution is -2.26. The van der Waals surface area contributed by atoms with Gasteiger partial charge in [0.15, 0.2) is 0 Å². The molecular formula is C14H25N. The SMILES string of the molecule is C=CN(C)[C@@H](C)C(=C)[C@@H]1[C@H](C)[C@@H]1C(C)C. The monoisotopic (exact) mass is 207 g/mol. The molecule has 0 aromatic heterocycles. The van der Waals surface area contributed by atoms with Crippen molar-refractivity contribution in [3.63, 3.8) is 0 Å². The summed E-state index contributed by atoms with van der Waals surface area (Å²) >= 11 is 0. The quantitative estimate of drug-likeness (QED) is 0.623. The molecule has 0 aromatic rings. The maximum atomic E-state index is 4.28. The fourth-order valence-electron chi connectivity index (χ4n) is 2.80. The van der Waals surface area contributed by atoms with Crippen LogP contribution >= 0.6 is 0 Å². The molecule has 1 saturated carbocycles. The van der Waals surface area contributed by atoms with E-state index >= 15 is 0 Å². The third kappa shape index (κ3) is 2.27. The van der Waals surface area contributed by atoms with E-state index < -0.39 is 0 Å². The second kappa shape index (κ2) is 4.42. The van der Waals surface area contributed by atoms with Crippen molar-refractivity contribution in [3.8, 4) is 0 Å². The minimum absolute atomic E-state index is 0.415. The van der Waals surface area contributed by atoms with Gasteiger partial charge in [0.05, 0.1) is 0 Å². The Labute approximate surface area is 94.9 Å². The van der Waals surface area contributed by atoms with Gasteiger partial charge in [-0.2, -0.15) is 0 Å². The van der Waals surface area contributed by atoms with Crippen LogP contribution in [0.5, 0.6) is 0 Å². The molecule has 0 radical (unpaired) electrons. The lowest BCUT2D eigenvalue weighted by atomic mass is 9.99. The van der Waals surface area contributed by atoms with E-state index in [-0.39, 0.29) is 0 Å². The zero-order valence-electron chi connectivity index (χ0n) is 10.8. The molecule has 1 heteroatoms. The van der Waals surface area contributed by atoms with Crippen molar-refractivity contribution in [2.75, 3.05) is 7.05 Å². The average Bonchev–Trinajstić information content (AvgIpc) is 2.86. The van der Waals surface area contributed by atoms with Crippen LogP contribution in [0.3, 0.4) is 0 Å². The highest BCUT2D eigenvalue weighted by Crippen LogP contribution is 2.55. The van der Waals surface area contributed by atoms with Gasteiger partial charge in [-0.15, -0.1) is 0 Å².